The number of hydrogen-bond donors (Lipinski definition) is 5. The Morgan fingerprint density at radius 1 is 0.737 bits per heavy atom. The summed E-state index contributed by atoms with van der Waals surface area (Å²) in [7, 11) is 0. The summed E-state index contributed by atoms with van der Waals surface area (Å²) in [5.41, 5.74) is 28.5. The van der Waals surface area contributed by atoms with Crippen molar-refractivity contribution in [2.24, 2.45) is 22.9 Å². The highest BCUT2D eigenvalue weighted by Crippen LogP contribution is 2.32. The fraction of sp³-hybridized carbons (Fsp3) is 0.444. The number of fused-ring (bicyclic) bond motifs is 3. The molecular formula is C27H37N11. The largest absolute Gasteiger partial charge is 0.341 e. The number of nitrogens with one attached hydrogen (secondary N) is 1. The molecule has 4 heterocycles. The number of anilines is 4. The van der Waals surface area contributed by atoms with Crippen LogP contribution in [0.5, 0.6) is 0 Å². The zero-order valence-corrected chi connectivity index (χ0v) is 21.8. The third kappa shape index (κ3) is 4.73. The molecule has 0 amide bonds. The summed E-state index contributed by atoms with van der Waals surface area (Å²) in [5.74, 6) is 1.57. The first kappa shape index (κ1) is 24.8. The van der Waals surface area contributed by atoms with E-state index in [2.05, 4.69) is 69.1 Å². The van der Waals surface area contributed by atoms with Crippen LogP contribution in [0.1, 0.15) is 19.8 Å². The third-order valence-corrected chi connectivity index (χ3v) is 7.55. The Kier molecular flexibility index (Phi) is 6.52. The van der Waals surface area contributed by atoms with Crippen molar-refractivity contribution in [2.75, 3.05) is 41.3 Å². The summed E-state index contributed by atoms with van der Waals surface area (Å²) in [5, 5.41) is 5.85. The number of rotatable bonds is 5. The van der Waals surface area contributed by atoms with E-state index in [1.807, 2.05) is 0 Å². The van der Waals surface area contributed by atoms with Crippen molar-refractivity contribution in [2.45, 2.75) is 50.5 Å². The van der Waals surface area contributed by atoms with Gasteiger partial charge in [-0.25, -0.2) is 0 Å². The van der Waals surface area contributed by atoms with Gasteiger partial charge in [-0.3, -0.25) is 0 Å². The molecule has 6 rings (SSSR count). The van der Waals surface area contributed by atoms with E-state index in [0.29, 0.717) is 44.0 Å². The number of aryl methyl sites for hydroxylation is 1. The lowest BCUT2D eigenvalue weighted by molar-refractivity contribution is 0.441. The summed E-state index contributed by atoms with van der Waals surface area (Å²) in [6, 6.07) is 14.7. The van der Waals surface area contributed by atoms with E-state index in [-0.39, 0.29) is 24.2 Å². The molecule has 2 saturated heterocycles. The monoisotopic (exact) mass is 515 g/mol. The van der Waals surface area contributed by atoms with Crippen LogP contribution in [0.15, 0.2) is 42.5 Å². The molecule has 2 aliphatic heterocycles. The van der Waals surface area contributed by atoms with Crippen LogP contribution >= 0.6 is 0 Å². The standard InChI is InChI=1S/C27H37N11/c1-2-38-23-6-4-3-5-21(23)22-11-20(7-8-24(22)38)32-25-33-26(36-12-16(28)9-17(29)13-36)35-27(34-25)37-14-18(30)10-19(31)15-37/h3-8,11,16-19H,2,9-10,12-15,28-31H2,1H3,(H,32,33,34,35). The second kappa shape index (κ2) is 9.99. The predicted octanol–water partition coefficient (Wildman–Crippen LogP) is 1.47. The lowest BCUT2D eigenvalue weighted by atomic mass is 10.0. The van der Waals surface area contributed by atoms with Gasteiger partial charge in [-0.1, -0.05) is 18.2 Å². The van der Waals surface area contributed by atoms with Gasteiger partial charge in [-0.2, -0.15) is 15.0 Å². The number of nitrogens with zero attached hydrogens (tertiary/aromatic N) is 6. The lowest BCUT2D eigenvalue weighted by Gasteiger charge is -2.37. The molecular weight excluding hydrogens is 478 g/mol. The van der Waals surface area contributed by atoms with Gasteiger partial charge in [0.25, 0.3) is 0 Å². The molecule has 11 nitrogen and oxygen atoms in total. The molecule has 4 aromatic rings. The molecule has 2 aromatic heterocycles. The van der Waals surface area contributed by atoms with E-state index < -0.39 is 0 Å². The minimum atomic E-state index is -0.0366. The topological polar surface area (TPSA) is 166 Å². The molecule has 0 saturated carbocycles. The van der Waals surface area contributed by atoms with E-state index >= 15 is 0 Å². The summed E-state index contributed by atoms with van der Waals surface area (Å²) in [4.78, 5) is 18.5. The van der Waals surface area contributed by atoms with E-state index in [0.717, 1.165) is 25.1 Å². The number of piperidine rings is 2. The quantitative estimate of drug-likeness (QED) is 0.263. The smallest absolute Gasteiger partial charge is 0.233 e. The summed E-state index contributed by atoms with van der Waals surface area (Å²) < 4.78 is 2.33. The van der Waals surface area contributed by atoms with Crippen LogP contribution < -0.4 is 38.1 Å². The van der Waals surface area contributed by atoms with Crippen LogP contribution in [0.2, 0.25) is 0 Å². The Hall–Kier alpha value is -3.51. The molecule has 0 bridgehead atoms. The normalized spacial score (nSPS) is 24.3. The highest BCUT2D eigenvalue weighted by molar-refractivity contribution is 6.09. The van der Waals surface area contributed by atoms with Crippen molar-refractivity contribution in [1.29, 1.82) is 0 Å². The summed E-state index contributed by atoms with van der Waals surface area (Å²) in [6.07, 6.45) is 1.56. The highest BCUT2D eigenvalue weighted by atomic mass is 15.4. The number of hydrogen-bond acceptors (Lipinski definition) is 10. The number of para-hydroxylation sites is 1. The van der Waals surface area contributed by atoms with E-state index in [9.17, 15) is 0 Å². The Morgan fingerprint density at radius 3 is 1.87 bits per heavy atom. The molecule has 9 N–H and O–H groups in total. The minimum Gasteiger partial charge on any atom is -0.341 e. The average Bonchev–Trinajstić information content (AvgIpc) is 3.20. The Bertz CT molecular complexity index is 1390. The van der Waals surface area contributed by atoms with Crippen molar-refractivity contribution >= 4 is 45.3 Å². The number of aromatic nitrogens is 4. The van der Waals surface area contributed by atoms with Gasteiger partial charge in [-0.15, -0.1) is 0 Å². The molecule has 2 aliphatic rings. The first-order chi connectivity index (χ1) is 18.4. The fourth-order valence-electron chi connectivity index (χ4n) is 5.98. The van der Waals surface area contributed by atoms with Crippen LogP contribution in [-0.2, 0) is 6.54 Å². The Balaban J connectivity index is 1.39. The van der Waals surface area contributed by atoms with Gasteiger partial charge in [0.1, 0.15) is 0 Å². The molecule has 0 aliphatic carbocycles. The molecule has 2 fully saturated rings. The maximum atomic E-state index is 6.29. The second-order valence-electron chi connectivity index (χ2n) is 10.7. The van der Waals surface area contributed by atoms with Gasteiger partial charge in [0.05, 0.1) is 0 Å². The Morgan fingerprint density at radius 2 is 1.29 bits per heavy atom. The average molecular weight is 516 g/mol. The molecule has 4 unspecified atom stereocenters. The molecule has 0 spiro atoms. The molecule has 2 aromatic carbocycles. The van der Waals surface area contributed by atoms with Crippen LogP contribution in [0.25, 0.3) is 21.8 Å². The van der Waals surface area contributed by atoms with Gasteiger partial charge >= 0.3 is 0 Å². The first-order valence-electron chi connectivity index (χ1n) is 13.4. The van der Waals surface area contributed by atoms with Gasteiger partial charge in [0.15, 0.2) is 0 Å². The maximum Gasteiger partial charge on any atom is 0.233 e. The highest BCUT2D eigenvalue weighted by Gasteiger charge is 2.28. The maximum absolute atomic E-state index is 6.29. The number of nitrogens with two attached hydrogens (primary N) is 4. The minimum absolute atomic E-state index is 0.0366. The van der Waals surface area contributed by atoms with Gasteiger partial charge in [-0.05, 0) is 44.0 Å². The molecule has 38 heavy (non-hydrogen) atoms. The predicted molar refractivity (Wildman–Crippen MR) is 154 cm³/mol. The number of benzene rings is 2. The Labute approximate surface area is 222 Å². The van der Waals surface area contributed by atoms with Crippen LogP contribution in [0.4, 0.5) is 23.5 Å². The molecule has 200 valence electrons. The van der Waals surface area contributed by atoms with Crippen molar-refractivity contribution in [3.05, 3.63) is 42.5 Å². The van der Waals surface area contributed by atoms with Crippen LogP contribution in [0.3, 0.4) is 0 Å². The van der Waals surface area contributed by atoms with E-state index in [4.69, 9.17) is 37.9 Å². The van der Waals surface area contributed by atoms with E-state index in [1.54, 1.807) is 0 Å². The first-order valence-corrected chi connectivity index (χ1v) is 13.4. The fourth-order valence-corrected chi connectivity index (χ4v) is 5.98. The van der Waals surface area contributed by atoms with Crippen molar-refractivity contribution < 1.29 is 0 Å². The lowest BCUT2D eigenvalue weighted by Crippen LogP contribution is -2.54. The summed E-state index contributed by atoms with van der Waals surface area (Å²) in [6.45, 7) is 5.62. The zero-order valence-electron chi connectivity index (χ0n) is 21.8. The van der Waals surface area contributed by atoms with Crippen molar-refractivity contribution in [3.63, 3.8) is 0 Å². The van der Waals surface area contributed by atoms with Gasteiger partial charge in [0, 0.05) is 84.4 Å². The summed E-state index contributed by atoms with van der Waals surface area (Å²) >= 11 is 0. The van der Waals surface area contributed by atoms with Crippen molar-refractivity contribution in [3.8, 4) is 0 Å². The third-order valence-electron chi connectivity index (χ3n) is 7.55. The molecule has 4 atom stereocenters. The SMILES string of the molecule is CCn1c2ccccc2c2cc(Nc3nc(N4CC(N)CC(N)C4)nc(N4CC(N)CC(N)C4)n3)ccc21. The zero-order chi connectivity index (χ0) is 26.4. The van der Waals surface area contributed by atoms with Crippen LogP contribution in [0, 0.1) is 0 Å². The van der Waals surface area contributed by atoms with Gasteiger partial charge < -0.3 is 42.6 Å². The van der Waals surface area contributed by atoms with E-state index in [1.165, 1.54) is 21.8 Å². The molecule has 0 radical (unpaired) electrons. The van der Waals surface area contributed by atoms with Crippen molar-refractivity contribution in [1.82, 2.24) is 19.5 Å². The van der Waals surface area contributed by atoms with Gasteiger partial charge in [0.2, 0.25) is 17.8 Å². The second-order valence-corrected chi connectivity index (χ2v) is 10.7. The molecule has 11 heteroatoms. The van der Waals surface area contributed by atoms with Crippen LogP contribution in [-0.4, -0.2) is 69.9 Å².